The summed E-state index contributed by atoms with van der Waals surface area (Å²) >= 11 is 8.88. The van der Waals surface area contributed by atoms with E-state index < -0.39 is 16.0 Å². The molecule has 0 aromatic carbocycles. The van der Waals surface area contributed by atoms with Gasteiger partial charge in [0.1, 0.15) is 0 Å². The maximum Gasteiger partial charge on any atom is 0.473 e. The lowest BCUT2D eigenvalue weighted by atomic mass is 10.6. The molecule has 0 spiro atoms. The summed E-state index contributed by atoms with van der Waals surface area (Å²) in [6.45, 7) is 0. The summed E-state index contributed by atoms with van der Waals surface area (Å²) in [7, 11) is 0. The Kier molecular flexibility index (Phi) is 2.57. The highest BCUT2D eigenvalue weighted by atomic mass is 35.5. The second kappa shape index (κ2) is 2.62. The van der Waals surface area contributed by atoms with Gasteiger partial charge in [0.15, 0.2) is 0 Å². The maximum absolute atomic E-state index is 11.1. The number of alkyl halides is 3. The van der Waals surface area contributed by atoms with Gasteiger partial charge in [0.25, 0.3) is 0 Å². The zero-order valence-corrected chi connectivity index (χ0v) is 5.26. The minimum absolute atomic E-state index is 0.569. The van der Waals surface area contributed by atoms with Gasteiger partial charge in [-0.3, -0.25) is 4.79 Å². The number of carbonyl (C=O) groups excluding carboxylic acids is 1. The van der Waals surface area contributed by atoms with Gasteiger partial charge in [-0.05, 0) is 0 Å². The van der Waals surface area contributed by atoms with Crippen LogP contribution in [0.5, 0.6) is 0 Å². The lowest BCUT2D eigenvalue weighted by Gasteiger charge is -2.05. The van der Waals surface area contributed by atoms with E-state index in [9.17, 15) is 18.0 Å². The number of amides is 1. The molecule has 7 heteroatoms. The number of halogens is 5. The quantitative estimate of drug-likeness (QED) is 0.522. The Morgan fingerprint density at radius 2 is 1.67 bits per heavy atom. The smallest absolute Gasteiger partial charge is 0.262 e. The summed E-state index contributed by atoms with van der Waals surface area (Å²) in [6, 6.07) is 0. The predicted molar refractivity (Wildman–Crippen MR) is 24.6 cm³/mol. The van der Waals surface area contributed by atoms with E-state index in [2.05, 4.69) is 23.6 Å². The molecule has 0 unspecified atom stereocenters. The molecule has 54 valence electrons. The van der Waals surface area contributed by atoms with Gasteiger partial charge in [0.2, 0.25) is 0 Å². The Balaban J connectivity index is 4.06. The summed E-state index contributed by atoms with van der Waals surface area (Å²) in [5.41, 5.74) is 0. The molecule has 0 N–H and O–H groups in total. The van der Waals surface area contributed by atoms with Crippen molar-refractivity contribution in [1.82, 2.24) is 3.94 Å². The van der Waals surface area contributed by atoms with Crippen LogP contribution < -0.4 is 0 Å². The summed E-state index contributed by atoms with van der Waals surface area (Å²) in [5, 5.41) is 0. The van der Waals surface area contributed by atoms with Crippen LogP contribution in [0.4, 0.5) is 13.2 Å². The summed E-state index contributed by atoms with van der Waals surface area (Å²) in [5.74, 6) is -2.30. The number of carbonyl (C=O) groups is 1. The van der Waals surface area contributed by atoms with Crippen molar-refractivity contribution in [3.63, 3.8) is 0 Å². The van der Waals surface area contributed by atoms with Gasteiger partial charge < -0.3 is 0 Å². The first-order chi connectivity index (χ1) is 3.85. The molecule has 0 saturated carbocycles. The third-order valence-electron chi connectivity index (χ3n) is 0.396. The highest BCUT2D eigenvalue weighted by Gasteiger charge is 2.42. The van der Waals surface area contributed by atoms with Crippen LogP contribution in [-0.2, 0) is 4.79 Å². The van der Waals surface area contributed by atoms with Crippen LogP contribution >= 0.6 is 23.6 Å². The molecular formula is C2Cl2F3NO. The number of hydrogen-bond donors (Lipinski definition) is 0. The molecule has 1 amide bonds. The van der Waals surface area contributed by atoms with Crippen LogP contribution in [0.1, 0.15) is 0 Å². The van der Waals surface area contributed by atoms with Crippen molar-refractivity contribution in [2.24, 2.45) is 0 Å². The first-order valence-electron chi connectivity index (χ1n) is 1.58. The Hall–Kier alpha value is -0.160. The first kappa shape index (κ1) is 8.84. The molecule has 0 rings (SSSR count). The lowest BCUT2D eigenvalue weighted by Crippen LogP contribution is -2.29. The van der Waals surface area contributed by atoms with Crippen molar-refractivity contribution < 1.29 is 18.0 Å². The van der Waals surface area contributed by atoms with Crippen LogP contribution in [0.3, 0.4) is 0 Å². The molecule has 0 radical (unpaired) electrons. The molecule has 0 aliphatic carbocycles. The van der Waals surface area contributed by atoms with Crippen LogP contribution in [0.25, 0.3) is 0 Å². The van der Waals surface area contributed by atoms with Crippen molar-refractivity contribution in [2.75, 3.05) is 0 Å². The van der Waals surface area contributed by atoms with Gasteiger partial charge in [-0.25, -0.2) is 0 Å². The van der Waals surface area contributed by atoms with E-state index >= 15 is 0 Å². The van der Waals surface area contributed by atoms with E-state index in [-0.39, 0.29) is 0 Å². The van der Waals surface area contributed by atoms with Crippen molar-refractivity contribution in [2.45, 2.75) is 6.18 Å². The van der Waals surface area contributed by atoms with E-state index in [0.717, 1.165) is 0 Å². The molecule has 0 aromatic rings. The molecule has 0 aromatic heterocycles. The monoisotopic (exact) mass is 181 g/mol. The molecule has 2 nitrogen and oxygen atoms in total. The van der Waals surface area contributed by atoms with Gasteiger partial charge in [0, 0.05) is 23.6 Å². The molecule has 0 bridgehead atoms. The fourth-order valence-corrected chi connectivity index (χ4v) is 0.287. The molecule has 0 atom stereocenters. The van der Waals surface area contributed by atoms with Crippen LogP contribution in [0.2, 0.25) is 0 Å². The highest BCUT2D eigenvalue weighted by molar-refractivity contribution is 6.41. The van der Waals surface area contributed by atoms with E-state index in [1.54, 1.807) is 0 Å². The molecule has 0 aliphatic heterocycles. The average Bonchev–Trinajstić information content (AvgIpc) is 1.62. The Labute approximate surface area is 58.4 Å². The predicted octanol–water partition coefficient (Wildman–Crippen LogP) is 1.68. The summed E-state index contributed by atoms with van der Waals surface area (Å²) < 4.78 is 32.8. The lowest BCUT2D eigenvalue weighted by molar-refractivity contribution is -0.176. The standard InChI is InChI=1S/C2Cl2F3NO/c3-8(4)1(9)2(5,6)7. The number of rotatable bonds is 0. The van der Waals surface area contributed by atoms with Gasteiger partial charge >= 0.3 is 12.1 Å². The van der Waals surface area contributed by atoms with Crippen molar-refractivity contribution in [3.05, 3.63) is 0 Å². The second-order valence-electron chi connectivity index (χ2n) is 1.04. The van der Waals surface area contributed by atoms with Crippen LogP contribution in [0.15, 0.2) is 0 Å². The molecule has 0 aliphatic rings. The van der Waals surface area contributed by atoms with Crippen molar-refractivity contribution >= 4 is 29.5 Å². The molecule has 0 saturated heterocycles. The van der Waals surface area contributed by atoms with E-state index in [4.69, 9.17) is 0 Å². The van der Waals surface area contributed by atoms with Crippen LogP contribution in [-0.4, -0.2) is 16.0 Å². The SMILES string of the molecule is O=C(N(Cl)Cl)C(F)(F)F. The average molecular weight is 182 g/mol. The Bertz CT molecular complexity index is 121. The van der Waals surface area contributed by atoms with E-state index in [1.165, 1.54) is 0 Å². The first-order valence-corrected chi connectivity index (χ1v) is 2.26. The van der Waals surface area contributed by atoms with E-state index in [0.29, 0.717) is 0 Å². The second-order valence-corrected chi connectivity index (χ2v) is 1.88. The number of nitrogens with zero attached hydrogens (tertiary/aromatic N) is 1. The summed E-state index contributed by atoms with van der Waals surface area (Å²) in [6.07, 6.45) is -5.00. The van der Waals surface area contributed by atoms with Gasteiger partial charge in [0.05, 0.1) is 0 Å². The molecular weight excluding hydrogens is 182 g/mol. The maximum atomic E-state index is 11.1. The van der Waals surface area contributed by atoms with Crippen LogP contribution in [0, 0.1) is 0 Å². The minimum atomic E-state index is -5.00. The van der Waals surface area contributed by atoms with Crippen molar-refractivity contribution in [3.8, 4) is 0 Å². The fraction of sp³-hybridized carbons (Fsp3) is 0.500. The molecule has 9 heavy (non-hydrogen) atoms. The Morgan fingerprint density at radius 1 is 1.33 bits per heavy atom. The largest absolute Gasteiger partial charge is 0.473 e. The Morgan fingerprint density at radius 3 is 1.67 bits per heavy atom. The topological polar surface area (TPSA) is 20.3 Å². The third kappa shape index (κ3) is 2.76. The number of hydrogen-bond acceptors (Lipinski definition) is 1. The minimum Gasteiger partial charge on any atom is -0.262 e. The third-order valence-corrected chi connectivity index (χ3v) is 0.703. The van der Waals surface area contributed by atoms with E-state index in [1.807, 2.05) is 0 Å². The zero-order chi connectivity index (χ0) is 7.65. The normalized spacial score (nSPS) is 11.2. The fourth-order valence-electron chi connectivity index (χ4n) is 0.0958. The molecule has 0 fully saturated rings. The van der Waals surface area contributed by atoms with Gasteiger partial charge in [-0.1, -0.05) is 0 Å². The molecule has 0 heterocycles. The van der Waals surface area contributed by atoms with Crippen molar-refractivity contribution in [1.29, 1.82) is 0 Å². The van der Waals surface area contributed by atoms with Gasteiger partial charge in [-0.2, -0.15) is 17.1 Å². The zero-order valence-electron chi connectivity index (χ0n) is 3.75. The summed E-state index contributed by atoms with van der Waals surface area (Å²) in [4.78, 5) is 9.70. The van der Waals surface area contributed by atoms with Gasteiger partial charge in [-0.15, -0.1) is 0 Å². The highest BCUT2D eigenvalue weighted by Crippen LogP contribution is 2.20.